The largest absolute Gasteiger partial charge is 0.508 e. The van der Waals surface area contributed by atoms with Crippen molar-refractivity contribution in [3.05, 3.63) is 48.0 Å². The third kappa shape index (κ3) is 4.13. The van der Waals surface area contributed by atoms with Crippen molar-refractivity contribution in [2.75, 3.05) is 16.3 Å². The number of hydrogen-bond donors (Lipinski definition) is 4. The van der Waals surface area contributed by atoms with Gasteiger partial charge in [0.25, 0.3) is 5.91 Å². The van der Waals surface area contributed by atoms with Crippen LogP contribution in [0.3, 0.4) is 0 Å². The summed E-state index contributed by atoms with van der Waals surface area (Å²) >= 11 is 0. The van der Waals surface area contributed by atoms with Crippen LogP contribution in [-0.4, -0.2) is 30.8 Å². The number of carbonyl (C=O) groups excluding carboxylic acids is 1. The molecule has 0 aliphatic rings. The molecule has 0 bridgehead atoms. The maximum Gasteiger partial charge on any atom is 0.255 e. The Bertz CT molecular complexity index is 800. The molecule has 0 saturated carbocycles. The lowest BCUT2D eigenvalue weighted by atomic mass is 10.2. The summed E-state index contributed by atoms with van der Waals surface area (Å²) in [5, 5.41) is 21.4. The Morgan fingerprint density at radius 1 is 1.05 bits per heavy atom. The lowest BCUT2D eigenvalue weighted by Crippen LogP contribution is -2.13. The number of phenolic OH excluding ortho intramolecular Hbond substituents is 2. The minimum absolute atomic E-state index is 0.0361. The summed E-state index contributed by atoms with van der Waals surface area (Å²) < 4.78 is 24.6. The van der Waals surface area contributed by atoms with Crippen LogP contribution in [0.25, 0.3) is 0 Å². The van der Waals surface area contributed by atoms with Crippen molar-refractivity contribution in [2.24, 2.45) is 0 Å². The van der Waals surface area contributed by atoms with Crippen molar-refractivity contribution in [3.8, 4) is 11.5 Å². The molecule has 0 atom stereocenters. The quantitative estimate of drug-likeness (QED) is 0.505. The summed E-state index contributed by atoms with van der Waals surface area (Å²) in [5.41, 5.74) is 0.594. The first-order valence-corrected chi connectivity index (χ1v) is 8.05. The lowest BCUT2D eigenvalue weighted by molar-refractivity contribution is 0.102. The van der Waals surface area contributed by atoms with Gasteiger partial charge in [-0.25, -0.2) is 8.42 Å². The predicted molar refractivity (Wildman–Crippen MR) is 82.6 cm³/mol. The van der Waals surface area contributed by atoms with E-state index in [0.29, 0.717) is 11.3 Å². The molecule has 2 rings (SSSR count). The van der Waals surface area contributed by atoms with E-state index in [-0.39, 0.29) is 17.2 Å². The SMILES string of the molecule is CS(=O)(=O)Nc1cc(NC(=O)c2ccc(O)cc2)ccc1O. The zero-order valence-corrected chi connectivity index (χ0v) is 12.4. The monoisotopic (exact) mass is 322 g/mol. The number of aromatic hydroxyl groups is 2. The second-order valence-corrected chi connectivity index (χ2v) is 6.36. The molecule has 0 heterocycles. The molecule has 0 aromatic heterocycles. The number of benzene rings is 2. The molecule has 0 aliphatic heterocycles. The summed E-state index contributed by atoms with van der Waals surface area (Å²) in [6, 6.07) is 9.64. The van der Waals surface area contributed by atoms with Crippen molar-refractivity contribution in [3.63, 3.8) is 0 Å². The molecule has 2 aromatic carbocycles. The fourth-order valence-corrected chi connectivity index (χ4v) is 2.27. The van der Waals surface area contributed by atoms with Crippen molar-refractivity contribution >= 4 is 27.3 Å². The predicted octanol–water partition coefficient (Wildman–Crippen LogP) is 1.72. The van der Waals surface area contributed by atoms with Crippen LogP contribution in [0, 0.1) is 0 Å². The van der Waals surface area contributed by atoms with Crippen LogP contribution < -0.4 is 10.0 Å². The van der Waals surface area contributed by atoms with Gasteiger partial charge in [-0.2, -0.15) is 0 Å². The Hall–Kier alpha value is -2.74. The molecular formula is C14H14N2O5S. The number of phenols is 2. The molecule has 8 heteroatoms. The fraction of sp³-hybridized carbons (Fsp3) is 0.0714. The third-order valence-corrected chi connectivity index (χ3v) is 3.27. The number of carbonyl (C=O) groups is 1. The van der Waals surface area contributed by atoms with E-state index in [0.717, 1.165) is 6.26 Å². The van der Waals surface area contributed by atoms with E-state index >= 15 is 0 Å². The molecular weight excluding hydrogens is 308 g/mol. The summed E-state index contributed by atoms with van der Waals surface area (Å²) in [6.07, 6.45) is 0.953. The molecule has 0 saturated heterocycles. The Morgan fingerprint density at radius 2 is 1.68 bits per heavy atom. The van der Waals surface area contributed by atoms with E-state index in [4.69, 9.17) is 0 Å². The zero-order chi connectivity index (χ0) is 16.3. The van der Waals surface area contributed by atoms with Gasteiger partial charge in [-0.3, -0.25) is 9.52 Å². The second kappa shape index (κ2) is 5.94. The lowest BCUT2D eigenvalue weighted by Gasteiger charge is -2.10. The van der Waals surface area contributed by atoms with Crippen LogP contribution in [0.15, 0.2) is 42.5 Å². The summed E-state index contributed by atoms with van der Waals surface area (Å²) in [7, 11) is -3.55. The van der Waals surface area contributed by atoms with Crippen LogP contribution >= 0.6 is 0 Å². The highest BCUT2D eigenvalue weighted by Crippen LogP contribution is 2.27. The molecule has 1 amide bonds. The highest BCUT2D eigenvalue weighted by Gasteiger charge is 2.10. The normalized spacial score (nSPS) is 11.0. The van der Waals surface area contributed by atoms with Crippen molar-refractivity contribution in [1.29, 1.82) is 0 Å². The molecule has 0 radical (unpaired) electrons. The van der Waals surface area contributed by atoms with Gasteiger partial charge < -0.3 is 15.5 Å². The van der Waals surface area contributed by atoms with Crippen LogP contribution in [0.5, 0.6) is 11.5 Å². The first-order chi connectivity index (χ1) is 10.2. The van der Waals surface area contributed by atoms with Gasteiger partial charge in [0.2, 0.25) is 10.0 Å². The van der Waals surface area contributed by atoms with Gasteiger partial charge in [0.15, 0.2) is 0 Å². The van der Waals surface area contributed by atoms with E-state index < -0.39 is 15.9 Å². The average Bonchev–Trinajstić information content (AvgIpc) is 2.41. The summed E-state index contributed by atoms with van der Waals surface area (Å²) in [6.45, 7) is 0. The van der Waals surface area contributed by atoms with Gasteiger partial charge in [0.1, 0.15) is 11.5 Å². The van der Waals surface area contributed by atoms with Gasteiger partial charge in [0, 0.05) is 11.3 Å². The van der Waals surface area contributed by atoms with Gasteiger partial charge in [0.05, 0.1) is 11.9 Å². The minimum atomic E-state index is -3.55. The number of amides is 1. The zero-order valence-electron chi connectivity index (χ0n) is 11.6. The van der Waals surface area contributed by atoms with Crippen LogP contribution in [0.4, 0.5) is 11.4 Å². The fourth-order valence-electron chi connectivity index (χ4n) is 1.71. The van der Waals surface area contributed by atoms with Crippen molar-refractivity contribution < 1.29 is 23.4 Å². The average molecular weight is 322 g/mol. The van der Waals surface area contributed by atoms with Gasteiger partial charge in [-0.05, 0) is 42.5 Å². The van der Waals surface area contributed by atoms with Crippen LogP contribution in [-0.2, 0) is 10.0 Å². The maximum absolute atomic E-state index is 12.0. The number of hydrogen-bond acceptors (Lipinski definition) is 5. The molecule has 4 N–H and O–H groups in total. The van der Waals surface area contributed by atoms with Crippen LogP contribution in [0.1, 0.15) is 10.4 Å². The Labute approximate surface area is 127 Å². The van der Waals surface area contributed by atoms with Crippen molar-refractivity contribution in [1.82, 2.24) is 0 Å². The van der Waals surface area contributed by atoms with Gasteiger partial charge in [-0.15, -0.1) is 0 Å². The maximum atomic E-state index is 12.0. The Morgan fingerprint density at radius 3 is 2.27 bits per heavy atom. The van der Waals surface area contributed by atoms with Gasteiger partial charge >= 0.3 is 0 Å². The molecule has 0 aliphatic carbocycles. The second-order valence-electron chi connectivity index (χ2n) is 4.61. The smallest absolute Gasteiger partial charge is 0.255 e. The van der Waals surface area contributed by atoms with E-state index in [9.17, 15) is 23.4 Å². The van der Waals surface area contributed by atoms with Gasteiger partial charge in [-0.1, -0.05) is 0 Å². The van der Waals surface area contributed by atoms with E-state index in [2.05, 4.69) is 10.0 Å². The molecule has 116 valence electrons. The molecule has 0 spiro atoms. The van der Waals surface area contributed by atoms with E-state index in [1.807, 2.05) is 0 Å². The third-order valence-electron chi connectivity index (χ3n) is 2.68. The number of rotatable bonds is 4. The van der Waals surface area contributed by atoms with Crippen LogP contribution in [0.2, 0.25) is 0 Å². The number of nitrogens with one attached hydrogen (secondary N) is 2. The molecule has 0 unspecified atom stereocenters. The number of sulfonamides is 1. The molecule has 7 nitrogen and oxygen atoms in total. The Kier molecular flexibility index (Phi) is 4.22. The van der Waals surface area contributed by atoms with E-state index in [1.54, 1.807) is 0 Å². The molecule has 0 fully saturated rings. The minimum Gasteiger partial charge on any atom is -0.508 e. The highest BCUT2D eigenvalue weighted by atomic mass is 32.2. The first-order valence-electron chi connectivity index (χ1n) is 6.16. The molecule has 2 aromatic rings. The highest BCUT2D eigenvalue weighted by molar-refractivity contribution is 7.92. The standard InChI is InChI=1S/C14H14N2O5S/c1-22(20,21)16-12-8-10(4-7-13(12)18)15-14(19)9-2-5-11(17)6-3-9/h2-8,16-18H,1H3,(H,15,19). The first kappa shape index (κ1) is 15.6. The number of anilines is 2. The molecule has 22 heavy (non-hydrogen) atoms. The summed E-state index contributed by atoms with van der Waals surface area (Å²) in [4.78, 5) is 12.0. The summed E-state index contributed by atoms with van der Waals surface area (Å²) in [5.74, 6) is -0.648. The Balaban J connectivity index is 2.21. The topological polar surface area (TPSA) is 116 Å². The van der Waals surface area contributed by atoms with Crippen molar-refractivity contribution in [2.45, 2.75) is 0 Å². The van der Waals surface area contributed by atoms with E-state index in [1.165, 1.54) is 42.5 Å².